The minimum absolute atomic E-state index is 0.128. The summed E-state index contributed by atoms with van der Waals surface area (Å²) in [5, 5.41) is 7.32. The lowest BCUT2D eigenvalue weighted by atomic mass is 9.78. The average molecular weight is 377 g/mol. The third kappa shape index (κ3) is 8.11. The molecule has 1 aliphatic carbocycles. The van der Waals surface area contributed by atoms with Crippen LogP contribution in [0.15, 0.2) is 24.6 Å². The average Bonchev–Trinajstić information content (AvgIpc) is 2.96. The van der Waals surface area contributed by atoms with Crippen LogP contribution in [0.25, 0.3) is 0 Å². The van der Waals surface area contributed by atoms with Crippen LogP contribution in [-0.4, -0.2) is 18.4 Å². The second-order valence-corrected chi connectivity index (χ2v) is 10.5. The van der Waals surface area contributed by atoms with Crippen LogP contribution in [-0.2, 0) is 4.79 Å². The van der Waals surface area contributed by atoms with E-state index in [4.69, 9.17) is 0 Å². The number of ketones is 1. The van der Waals surface area contributed by atoms with Gasteiger partial charge in [-0.15, -0.1) is 0 Å². The van der Waals surface area contributed by atoms with Crippen LogP contribution < -0.4 is 10.6 Å². The van der Waals surface area contributed by atoms with E-state index in [2.05, 4.69) is 58.4 Å². The van der Waals surface area contributed by atoms with Crippen molar-refractivity contribution >= 4 is 5.78 Å². The first kappa shape index (κ1) is 23.8. The van der Waals surface area contributed by atoms with Gasteiger partial charge in [0.1, 0.15) is 5.78 Å². The summed E-state index contributed by atoms with van der Waals surface area (Å²) in [5.74, 6) is 0.843. The van der Waals surface area contributed by atoms with E-state index in [1.807, 2.05) is 6.92 Å². The molecule has 0 bridgehead atoms. The molecule has 3 unspecified atom stereocenters. The molecule has 3 heteroatoms. The van der Waals surface area contributed by atoms with Gasteiger partial charge in [0.05, 0.1) is 6.04 Å². The Morgan fingerprint density at radius 2 is 1.70 bits per heavy atom. The van der Waals surface area contributed by atoms with Gasteiger partial charge in [-0.2, -0.15) is 0 Å². The lowest BCUT2D eigenvalue weighted by molar-refractivity contribution is -0.120. The second-order valence-electron chi connectivity index (χ2n) is 10.5. The van der Waals surface area contributed by atoms with E-state index < -0.39 is 0 Å². The fourth-order valence-corrected chi connectivity index (χ4v) is 4.31. The molecule has 1 fully saturated rings. The minimum atomic E-state index is 0.128. The van der Waals surface area contributed by atoms with Crippen LogP contribution in [0.2, 0.25) is 0 Å². The number of Topliss-reactive ketones (excluding diaryl/α,β-unsaturated/α-hetero) is 1. The van der Waals surface area contributed by atoms with Crippen LogP contribution in [0.4, 0.5) is 0 Å². The topological polar surface area (TPSA) is 41.1 Å². The SMILES string of the molecule is C=C(CC(C)(C)C)NC(C(=C)NCC(C)CC(C)C(C)=O)C1(C)CCCC1. The summed E-state index contributed by atoms with van der Waals surface area (Å²) >= 11 is 0. The number of carbonyl (C=O) groups is 1. The fourth-order valence-electron chi connectivity index (χ4n) is 4.31. The second kappa shape index (κ2) is 9.80. The lowest BCUT2D eigenvalue weighted by Crippen LogP contribution is -2.47. The van der Waals surface area contributed by atoms with Gasteiger partial charge in [-0.3, -0.25) is 4.79 Å². The van der Waals surface area contributed by atoms with Gasteiger partial charge in [0.25, 0.3) is 0 Å². The smallest absolute Gasteiger partial charge is 0.132 e. The zero-order valence-corrected chi connectivity index (χ0v) is 19.0. The highest BCUT2D eigenvalue weighted by molar-refractivity contribution is 5.77. The van der Waals surface area contributed by atoms with Crippen molar-refractivity contribution in [1.82, 2.24) is 10.6 Å². The standard InChI is InChI=1S/C24H44N2O/c1-17(14-18(2)21(5)27)16-25-20(4)22(24(9)12-10-11-13-24)26-19(3)15-23(6,7)8/h17-18,22,25-26H,3-4,10-16H2,1-2,5-9H3. The number of nitrogens with one attached hydrogen (secondary N) is 2. The van der Waals surface area contributed by atoms with Crippen molar-refractivity contribution in [1.29, 1.82) is 0 Å². The Morgan fingerprint density at radius 1 is 1.15 bits per heavy atom. The molecule has 2 N–H and O–H groups in total. The van der Waals surface area contributed by atoms with Crippen molar-refractivity contribution in [3.8, 4) is 0 Å². The Morgan fingerprint density at radius 3 is 2.19 bits per heavy atom. The van der Waals surface area contributed by atoms with Gasteiger partial charge in [0, 0.05) is 23.9 Å². The zero-order chi connectivity index (χ0) is 20.8. The number of hydrogen-bond donors (Lipinski definition) is 2. The van der Waals surface area contributed by atoms with Crippen LogP contribution in [0.3, 0.4) is 0 Å². The Labute approximate surface area is 168 Å². The molecule has 0 heterocycles. The summed E-state index contributed by atoms with van der Waals surface area (Å²) in [4.78, 5) is 11.5. The molecule has 1 saturated carbocycles. The van der Waals surface area contributed by atoms with Crippen molar-refractivity contribution < 1.29 is 4.79 Å². The van der Waals surface area contributed by atoms with Gasteiger partial charge in [-0.1, -0.05) is 67.5 Å². The zero-order valence-electron chi connectivity index (χ0n) is 19.0. The quantitative estimate of drug-likeness (QED) is 0.477. The van der Waals surface area contributed by atoms with E-state index in [0.29, 0.717) is 5.92 Å². The molecular weight excluding hydrogens is 332 g/mol. The molecule has 1 rings (SSSR count). The first-order valence-corrected chi connectivity index (χ1v) is 10.7. The molecule has 156 valence electrons. The van der Waals surface area contributed by atoms with Crippen molar-refractivity contribution in [2.75, 3.05) is 6.54 Å². The van der Waals surface area contributed by atoms with Crippen LogP contribution >= 0.6 is 0 Å². The van der Waals surface area contributed by atoms with Crippen molar-refractivity contribution in [3.05, 3.63) is 24.6 Å². The maximum absolute atomic E-state index is 11.5. The molecular formula is C24H44N2O. The van der Waals surface area contributed by atoms with E-state index in [1.165, 1.54) is 25.7 Å². The summed E-state index contributed by atoms with van der Waals surface area (Å²) < 4.78 is 0. The lowest BCUT2D eigenvalue weighted by Gasteiger charge is -2.39. The first-order chi connectivity index (χ1) is 12.3. The molecule has 0 aliphatic heterocycles. The van der Waals surface area contributed by atoms with Gasteiger partial charge < -0.3 is 10.6 Å². The number of hydrogen-bond acceptors (Lipinski definition) is 3. The summed E-state index contributed by atoms with van der Waals surface area (Å²) in [5.41, 5.74) is 2.61. The summed E-state index contributed by atoms with van der Waals surface area (Å²) in [7, 11) is 0. The highest BCUT2D eigenvalue weighted by Crippen LogP contribution is 2.42. The Bertz CT molecular complexity index is 523. The minimum Gasteiger partial charge on any atom is -0.387 e. The van der Waals surface area contributed by atoms with Gasteiger partial charge >= 0.3 is 0 Å². The maximum atomic E-state index is 11.5. The van der Waals surface area contributed by atoms with E-state index >= 15 is 0 Å². The molecule has 0 aromatic carbocycles. The molecule has 0 aromatic heterocycles. The third-order valence-electron chi connectivity index (χ3n) is 6.01. The molecule has 0 radical (unpaired) electrons. The number of rotatable bonds is 11. The normalized spacial score (nSPS) is 19.8. The number of carbonyl (C=O) groups excluding carboxylic acids is 1. The van der Waals surface area contributed by atoms with Gasteiger partial charge in [-0.25, -0.2) is 0 Å². The first-order valence-electron chi connectivity index (χ1n) is 10.7. The predicted molar refractivity (Wildman–Crippen MR) is 117 cm³/mol. The number of allylic oxidation sites excluding steroid dienone is 1. The Balaban J connectivity index is 2.73. The van der Waals surface area contributed by atoms with Crippen molar-refractivity contribution in [3.63, 3.8) is 0 Å². The summed E-state index contributed by atoms with van der Waals surface area (Å²) in [6.07, 6.45) is 6.91. The molecule has 27 heavy (non-hydrogen) atoms. The summed E-state index contributed by atoms with van der Waals surface area (Å²) in [6.45, 7) is 24.6. The van der Waals surface area contributed by atoms with Gasteiger partial charge in [0.2, 0.25) is 0 Å². The van der Waals surface area contributed by atoms with E-state index in [0.717, 1.165) is 30.8 Å². The fraction of sp³-hybridized carbons (Fsp3) is 0.792. The molecule has 0 saturated heterocycles. The molecule has 0 amide bonds. The van der Waals surface area contributed by atoms with Gasteiger partial charge in [0.15, 0.2) is 0 Å². The predicted octanol–water partition coefficient (Wildman–Crippen LogP) is 5.83. The highest BCUT2D eigenvalue weighted by atomic mass is 16.1. The van der Waals surface area contributed by atoms with E-state index in [9.17, 15) is 4.79 Å². The summed E-state index contributed by atoms with van der Waals surface area (Å²) in [6, 6.07) is 0.201. The largest absolute Gasteiger partial charge is 0.387 e. The Kier molecular flexibility index (Phi) is 8.63. The molecule has 0 aromatic rings. The molecule has 0 spiro atoms. The monoisotopic (exact) mass is 376 g/mol. The van der Waals surface area contributed by atoms with E-state index in [-0.39, 0.29) is 28.6 Å². The van der Waals surface area contributed by atoms with Crippen LogP contribution in [0.1, 0.15) is 87.0 Å². The van der Waals surface area contributed by atoms with E-state index in [1.54, 1.807) is 6.92 Å². The van der Waals surface area contributed by atoms with Gasteiger partial charge in [-0.05, 0) is 49.4 Å². The molecule has 3 atom stereocenters. The molecule has 3 nitrogen and oxygen atoms in total. The maximum Gasteiger partial charge on any atom is 0.132 e. The van der Waals surface area contributed by atoms with Crippen molar-refractivity contribution in [2.45, 2.75) is 93.0 Å². The Hall–Kier alpha value is -1.25. The highest BCUT2D eigenvalue weighted by Gasteiger charge is 2.39. The van der Waals surface area contributed by atoms with Crippen LogP contribution in [0, 0.1) is 22.7 Å². The van der Waals surface area contributed by atoms with Crippen molar-refractivity contribution in [2.24, 2.45) is 22.7 Å². The van der Waals surface area contributed by atoms with Crippen LogP contribution in [0.5, 0.6) is 0 Å². The third-order valence-corrected chi connectivity index (χ3v) is 6.01. The molecule has 1 aliphatic rings.